The third kappa shape index (κ3) is 4.43. The van der Waals surface area contributed by atoms with E-state index in [1.54, 1.807) is 12.4 Å². The molecule has 1 saturated heterocycles. The molecular weight excluding hydrogens is 328 g/mol. The van der Waals surface area contributed by atoms with Gasteiger partial charge in [0.15, 0.2) is 0 Å². The summed E-state index contributed by atoms with van der Waals surface area (Å²) in [5, 5.41) is 9.08. The molecular formula is C13H17BrN2O4. The van der Waals surface area contributed by atoms with Gasteiger partial charge in [-0.1, -0.05) is 0 Å². The third-order valence-electron chi connectivity index (χ3n) is 2.92. The van der Waals surface area contributed by atoms with Gasteiger partial charge in [0.05, 0.1) is 26.4 Å². The largest absolute Gasteiger partial charge is 0.444 e. The van der Waals surface area contributed by atoms with Crippen molar-refractivity contribution >= 4 is 22.0 Å². The van der Waals surface area contributed by atoms with Crippen molar-refractivity contribution in [2.24, 2.45) is 0 Å². The molecule has 20 heavy (non-hydrogen) atoms. The quantitative estimate of drug-likeness (QED) is 0.877. The van der Waals surface area contributed by atoms with E-state index in [0.29, 0.717) is 19.8 Å². The monoisotopic (exact) mass is 344 g/mol. The minimum atomic E-state index is -0.436. The van der Waals surface area contributed by atoms with Crippen LogP contribution in [0, 0.1) is 0 Å². The van der Waals surface area contributed by atoms with Crippen LogP contribution in [0.15, 0.2) is 22.9 Å². The zero-order valence-corrected chi connectivity index (χ0v) is 12.6. The van der Waals surface area contributed by atoms with Gasteiger partial charge in [-0.2, -0.15) is 0 Å². The molecule has 0 spiro atoms. The molecule has 0 aliphatic carbocycles. The third-order valence-corrected chi connectivity index (χ3v) is 3.35. The van der Waals surface area contributed by atoms with E-state index in [1.165, 1.54) is 4.90 Å². The first-order valence-corrected chi connectivity index (χ1v) is 7.22. The number of rotatable bonds is 5. The highest BCUT2D eigenvalue weighted by Gasteiger charge is 2.23. The molecule has 2 heterocycles. The molecule has 1 unspecified atom stereocenters. The zero-order valence-electron chi connectivity index (χ0n) is 11.0. The van der Waals surface area contributed by atoms with Crippen LogP contribution in [0.2, 0.25) is 0 Å². The maximum Gasteiger partial charge on any atom is 0.410 e. The van der Waals surface area contributed by atoms with Crippen LogP contribution in [0.1, 0.15) is 12.0 Å². The Kier molecular flexibility index (Phi) is 5.75. The first-order chi connectivity index (χ1) is 9.69. The van der Waals surface area contributed by atoms with Gasteiger partial charge in [-0.25, -0.2) is 4.79 Å². The molecule has 1 aromatic rings. The minimum absolute atomic E-state index is 0.113. The van der Waals surface area contributed by atoms with Gasteiger partial charge < -0.3 is 19.5 Å². The Bertz CT molecular complexity index is 452. The number of halogens is 1. The van der Waals surface area contributed by atoms with E-state index in [-0.39, 0.29) is 19.3 Å². The molecule has 1 N–H and O–H groups in total. The van der Waals surface area contributed by atoms with Gasteiger partial charge in [-0.15, -0.1) is 0 Å². The van der Waals surface area contributed by atoms with Crippen molar-refractivity contribution in [1.82, 2.24) is 9.88 Å². The predicted octanol–water partition coefficient (Wildman–Crippen LogP) is 1.56. The van der Waals surface area contributed by atoms with E-state index in [9.17, 15) is 4.79 Å². The van der Waals surface area contributed by atoms with Gasteiger partial charge in [0, 0.05) is 29.8 Å². The van der Waals surface area contributed by atoms with Crippen LogP contribution in [0.3, 0.4) is 0 Å². The predicted molar refractivity (Wildman–Crippen MR) is 75.1 cm³/mol. The minimum Gasteiger partial charge on any atom is -0.444 e. The van der Waals surface area contributed by atoms with Crippen molar-refractivity contribution in [3.63, 3.8) is 0 Å². The van der Waals surface area contributed by atoms with Crippen molar-refractivity contribution in [2.75, 3.05) is 26.4 Å². The van der Waals surface area contributed by atoms with Crippen molar-refractivity contribution < 1.29 is 19.4 Å². The van der Waals surface area contributed by atoms with Crippen molar-refractivity contribution in [1.29, 1.82) is 0 Å². The number of aliphatic hydroxyl groups excluding tert-OH is 1. The number of amides is 1. The van der Waals surface area contributed by atoms with Crippen LogP contribution in [-0.2, 0) is 16.0 Å². The van der Waals surface area contributed by atoms with E-state index in [0.717, 1.165) is 16.5 Å². The number of carbonyl (C=O) groups is 1. The van der Waals surface area contributed by atoms with Gasteiger partial charge in [0.25, 0.3) is 0 Å². The molecule has 0 bridgehead atoms. The first kappa shape index (κ1) is 15.2. The summed E-state index contributed by atoms with van der Waals surface area (Å²) >= 11 is 3.34. The van der Waals surface area contributed by atoms with E-state index < -0.39 is 6.09 Å². The topological polar surface area (TPSA) is 71.9 Å². The van der Waals surface area contributed by atoms with E-state index >= 15 is 0 Å². The summed E-state index contributed by atoms with van der Waals surface area (Å²) in [7, 11) is 0. The maximum atomic E-state index is 12.1. The maximum absolute atomic E-state index is 12.1. The number of hydrogen-bond acceptors (Lipinski definition) is 5. The Hall–Kier alpha value is -1.18. The highest BCUT2D eigenvalue weighted by atomic mass is 79.9. The highest BCUT2D eigenvalue weighted by molar-refractivity contribution is 9.10. The van der Waals surface area contributed by atoms with Gasteiger partial charge >= 0.3 is 6.09 Å². The average molecular weight is 345 g/mol. The summed E-state index contributed by atoms with van der Waals surface area (Å²) in [5.41, 5.74) is 0.868. The summed E-state index contributed by atoms with van der Waals surface area (Å²) in [4.78, 5) is 17.6. The number of aromatic nitrogens is 1. The fourth-order valence-corrected chi connectivity index (χ4v) is 2.35. The molecule has 0 saturated carbocycles. The summed E-state index contributed by atoms with van der Waals surface area (Å²) in [5.74, 6) is 0. The summed E-state index contributed by atoms with van der Waals surface area (Å²) in [6.07, 6.45) is 3.45. The molecule has 1 aromatic heterocycles. The van der Waals surface area contributed by atoms with E-state index in [1.807, 2.05) is 6.07 Å². The lowest BCUT2D eigenvalue weighted by Crippen LogP contribution is -2.36. The Morgan fingerprint density at radius 1 is 1.60 bits per heavy atom. The van der Waals surface area contributed by atoms with Crippen LogP contribution in [0.25, 0.3) is 0 Å². The molecule has 0 aromatic carbocycles. The van der Waals surface area contributed by atoms with Gasteiger partial charge in [0.1, 0.15) is 6.10 Å². The van der Waals surface area contributed by atoms with Gasteiger partial charge in [-0.3, -0.25) is 4.98 Å². The molecule has 1 amide bonds. The molecule has 1 aliphatic rings. The Morgan fingerprint density at radius 3 is 3.10 bits per heavy atom. The second-order valence-corrected chi connectivity index (χ2v) is 5.44. The summed E-state index contributed by atoms with van der Waals surface area (Å²) in [6.45, 7) is 1.51. The van der Waals surface area contributed by atoms with Crippen molar-refractivity contribution in [3.05, 3.63) is 28.5 Å². The van der Waals surface area contributed by atoms with Crippen LogP contribution in [0.5, 0.6) is 0 Å². The standard InChI is InChI=1S/C13H17BrN2O4/c14-11-5-10(6-15-7-11)8-16(2-3-17)13(18)20-12-1-4-19-9-12/h5-7,12,17H,1-4,8-9H2. The number of carbonyl (C=O) groups excluding carboxylic acids is 1. The number of ether oxygens (including phenoxy) is 2. The summed E-state index contributed by atoms with van der Waals surface area (Å²) < 4.78 is 11.4. The van der Waals surface area contributed by atoms with Gasteiger partial charge in [0.2, 0.25) is 0 Å². The van der Waals surface area contributed by atoms with Gasteiger partial charge in [-0.05, 0) is 27.6 Å². The lowest BCUT2D eigenvalue weighted by atomic mass is 10.2. The second kappa shape index (κ2) is 7.56. The number of aliphatic hydroxyl groups is 1. The molecule has 7 heteroatoms. The smallest absolute Gasteiger partial charge is 0.410 e. The SMILES string of the molecule is O=C(OC1CCOC1)N(CCO)Cc1cncc(Br)c1. The van der Waals surface area contributed by atoms with Crippen LogP contribution in [-0.4, -0.2) is 53.6 Å². The summed E-state index contributed by atoms with van der Waals surface area (Å²) in [6, 6.07) is 1.88. The molecule has 110 valence electrons. The van der Waals surface area contributed by atoms with Crippen molar-refractivity contribution in [3.8, 4) is 0 Å². The number of pyridine rings is 1. The molecule has 1 fully saturated rings. The lowest BCUT2D eigenvalue weighted by molar-refractivity contribution is 0.0486. The zero-order chi connectivity index (χ0) is 14.4. The Balaban J connectivity index is 1.96. The fourth-order valence-electron chi connectivity index (χ4n) is 1.94. The molecule has 6 nitrogen and oxygen atoms in total. The van der Waals surface area contributed by atoms with Crippen LogP contribution < -0.4 is 0 Å². The fraction of sp³-hybridized carbons (Fsp3) is 0.538. The molecule has 1 aliphatic heterocycles. The Labute approximate surface area is 125 Å². The lowest BCUT2D eigenvalue weighted by Gasteiger charge is -2.23. The second-order valence-electron chi connectivity index (χ2n) is 4.53. The average Bonchev–Trinajstić information content (AvgIpc) is 2.91. The van der Waals surface area contributed by atoms with Crippen LogP contribution in [0.4, 0.5) is 4.79 Å². The normalized spacial score (nSPS) is 18.0. The van der Waals surface area contributed by atoms with E-state index in [2.05, 4.69) is 20.9 Å². The molecule has 2 rings (SSSR count). The van der Waals surface area contributed by atoms with Crippen molar-refractivity contribution in [2.45, 2.75) is 19.1 Å². The molecule has 0 radical (unpaired) electrons. The number of nitrogens with zero attached hydrogens (tertiary/aromatic N) is 2. The first-order valence-electron chi connectivity index (χ1n) is 6.42. The molecule has 1 atom stereocenters. The number of hydrogen-bond donors (Lipinski definition) is 1. The van der Waals surface area contributed by atoms with Crippen LogP contribution >= 0.6 is 15.9 Å². The van der Waals surface area contributed by atoms with E-state index in [4.69, 9.17) is 14.6 Å². The highest BCUT2D eigenvalue weighted by Crippen LogP contribution is 2.14. The Morgan fingerprint density at radius 2 is 2.45 bits per heavy atom.